The molecule has 0 radical (unpaired) electrons. The van der Waals surface area contributed by atoms with E-state index in [9.17, 15) is 17.6 Å². The van der Waals surface area contributed by atoms with Gasteiger partial charge in [-0.05, 0) is 24.6 Å². The normalized spacial score (nSPS) is 27.5. The number of sulfone groups is 1. The lowest BCUT2D eigenvalue weighted by Crippen LogP contribution is -2.34. The number of benzene rings is 1. The van der Waals surface area contributed by atoms with Crippen LogP contribution in [0.5, 0.6) is 0 Å². The highest BCUT2D eigenvalue weighted by Gasteiger charge is 2.74. The minimum atomic E-state index is -3.49. The maximum atomic E-state index is 13.1. The van der Waals surface area contributed by atoms with Gasteiger partial charge in [0.2, 0.25) is 0 Å². The molecule has 0 saturated heterocycles. The molecule has 7 heteroatoms. The Hall–Kier alpha value is -1.47. The van der Waals surface area contributed by atoms with Crippen molar-refractivity contribution in [2.24, 2.45) is 11.1 Å². The summed E-state index contributed by atoms with van der Waals surface area (Å²) in [6.07, 6.45) is 0. The van der Waals surface area contributed by atoms with E-state index in [0.29, 0.717) is 5.56 Å². The molecule has 0 amide bonds. The van der Waals surface area contributed by atoms with Crippen LogP contribution in [0.1, 0.15) is 25.3 Å². The molecule has 0 aromatic heterocycles. The van der Waals surface area contributed by atoms with Gasteiger partial charge in [-0.25, -0.2) is 12.8 Å². The molecule has 1 aliphatic rings. The van der Waals surface area contributed by atoms with Crippen LogP contribution in [0.4, 0.5) is 4.39 Å². The van der Waals surface area contributed by atoms with Gasteiger partial charge in [-0.15, -0.1) is 0 Å². The number of nitrogens with two attached hydrogens (primary N) is 1. The van der Waals surface area contributed by atoms with Gasteiger partial charge in [0.05, 0.1) is 11.9 Å². The average molecular weight is 329 g/mol. The molecular formula is C15H20FNO4S. The second-order valence-corrected chi connectivity index (χ2v) is 7.78. The van der Waals surface area contributed by atoms with Crippen molar-refractivity contribution in [1.82, 2.24) is 0 Å². The number of hydrogen-bond donors (Lipinski definition) is 1. The van der Waals surface area contributed by atoms with Crippen molar-refractivity contribution in [3.63, 3.8) is 0 Å². The fourth-order valence-electron chi connectivity index (χ4n) is 3.09. The Morgan fingerprint density at radius 2 is 1.91 bits per heavy atom. The standard InChI is InChI=1S/C15H20FNO4S/c1-3-21-14(18)15(9-17)12(13(15)22(19,20)4-2)10-5-7-11(16)8-6-10/h5-8,12-13H,3-4,9,17H2,1-2H3/t12-,13-,15-/m1/s1. The minimum Gasteiger partial charge on any atom is -0.465 e. The molecule has 1 fully saturated rings. The van der Waals surface area contributed by atoms with Crippen molar-refractivity contribution in [3.8, 4) is 0 Å². The van der Waals surface area contributed by atoms with Crippen molar-refractivity contribution in [3.05, 3.63) is 35.6 Å². The van der Waals surface area contributed by atoms with E-state index in [1.54, 1.807) is 6.92 Å². The summed E-state index contributed by atoms with van der Waals surface area (Å²) in [4.78, 5) is 12.3. The van der Waals surface area contributed by atoms with Gasteiger partial charge >= 0.3 is 5.97 Å². The van der Waals surface area contributed by atoms with Crippen LogP contribution in [0.15, 0.2) is 24.3 Å². The summed E-state index contributed by atoms with van der Waals surface area (Å²) in [5, 5.41) is -0.917. The quantitative estimate of drug-likeness (QED) is 0.793. The van der Waals surface area contributed by atoms with Gasteiger partial charge in [0.1, 0.15) is 11.2 Å². The number of carbonyl (C=O) groups excluding carboxylic acids is 1. The Kier molecular flexibility index (Phi) is 4.58. The lowest BCUT2D eigenvalue weighted by molar-refractivity contribution is -0.149. The highest BCUT2D eigenvalue weighted by molar-refractivity contribution is 7.92. The fourth-order valence-corrected chi connectivity index (χ4v) is 5.16. The smallest absolute Gasteiger partial charge is 0.315 e. The Bertz CT molecular complexity index is 659. The number of rotatable bonds is 6. The minimum absolute atomic E-state index is 0.0868. The first kappa shape index (κ1) is 16.9. The molecule has 0 heterocycles. The van der Waals surface area contributed by atoms with E-state index in [1.165, 1.54) is 31.2 Å². The third-order valence-electron chi connectivity index (χ3n) is 4.27. The molecule has 0 bridgehead atoms. The number of halogens is 1. The molecule has 0 aliphatic heterocycles. The number of carbonyl (C=O) groups is 1. The third kappa shape index (κ3) is 2.52. The van der Waals surface area contributed by atoms with Crippen LogP contribution < -0.4 is 5.73 Å². The van der Waals surface area contributed by atoms with Crippen LogP contribution in [0, 0.1) is 11.2 Å². The van der Waals surface area contributed by atoms with Crippen LogP contribution in [0.2, 0.25) is 0 Å². The van der Waals surface area contributed by atoms with Gasteiger partial charge in [-0.1, -0.05) is 19.1 Å². The van der Waals surface area contributed by atoms with Crippen molar-refractivity contribution in [2.75, 3.05) is 18.9 Å². The van der Waals surface area contributed by atoms with Crippen LogP contribution in [-0.4, -0.2) is 38.5 Å². The second kappa shape index (κ2) is 5.96. The topological polar surface area (TPSA) is 86.5 Å². The average Bonchev–Trinajstić information content (AvgIpc) is 3.20. The van der Waals surface area contributed by atoms with E-state index in [0.717, 1.165) is 0 Å². The molecule has 5 nitrogen and oxygen atoms in total. The van der Waals surface area contributed by atoms with E-state index in [1.807, 2.05) is 0 Å². The summed E-state index contributed by atoms with van der Waals surface area (Å²) in [5.41, 5.74) is 5.07. The first-order valence-electron chi connectivity index (χ1n) is 7.19. The highest BCUT2D eigenvalue weighted by atomic mass is 32.2. The van der Waals surface area contributed by atoms with E-state index >= 15 is 0 Å². The van der Waals surface area contributed by atoms with E-state index in [-0.39, 0.29) is 18.9 Å². The van der Waals surface area contributed by atoms with Crippen LogP contribution >= 0.6 is 0 Å². The summed E-state index contributed by atoms with van der Waals surface area (Å²) >= 11 is 0. The largest absolute Gasteiger partial charge is 0.465 e. The molecule has 0 unspecified atom stereocenters. The van der Waals surface area contributed by atoms with Gasteiger partial charge in [-0.2, -0.15) is 0 Å². The number of hydrogen-bond acceptors (Lipinski definition) is 5. The molecule has 1 aromatic rings. The molecule has 1 aliphatic carbocycles. The Labute approximate surface area is 129 Å². The zero-order valence-electron chi connectivity index (χ0n) is 12.6. The molecule has 3 atom stereocenters. The zero-order valence-corrected chi connectivity index (χ0v) is 13.4. The van der Waals surface area contributed by atoms with Crippen molar-refractivity contribution >= 4 is 15.8 Å². The van der Waals surface area contributed by atoms with Gasteiger partial charge < -0.3 is 10.5 Å². The second-order valence-electron chi connectivity index (χ2n) is 5.37. The molecule has 1 saturated carbocycles. The maximum absolute atomic E-state index is 13.1. The number of esters is 1. The van der Waals surface area contributed by atoms with Gasteiger partial charge in [0.25, 0.3) is 0 Å². The van der Waals surface area contributed by atoms with Crippen molar-refractivity contribution in [1.29, 1.82) is 0 Å². The molecular weight excluding hydrogens is 309 g/mol. The third-order valence-corrected chi connectivity index (χ3v) is 6.54. The Balaban J connectivity index is 2.49. The fraction of sp³-hybridized carbons (Fsp3) is 0.533. The van der Waals surface area contributed by atoms with Crippen LogP contribution in [-0.2, 0) is 19.4 Å². The monoisotopic (exact) mass is 329 g/mol. The molecule has 122 valence electrons. The molecule has 2 rings (SSSR count). The zero-order chi connectivity index (χ0) is 16.5. The molecule has 1 aromatic carbocycles. The predicted octanol–water partition coefficient (Wildman–Crippen LogP) is 1.23. The Morgan fingerprint density at radius 1 is 1.32 bits per heavy atom. The van der Waals surface area contributed by atoms with E-state index in [2.05, 4.69) is 0 Å². The summed E-state index contributed by atoms with van der Waals surface area (Å²) in [6, 6.07) is 5.48. The first-order valence-corrected chi connectivity index (χ1v) is 8.91. The van der Waals surface area contributed by atoms with E-state index < -0.39 is 38.2 Å². The SMILES string of the molecule is CCOC(=O)[C@]1(CN)[C@H](c2ccc(F)cc2)[C@H]1S(=O)(=O)CC. The maximum Gasteiger partial charge on any atom is 0.315 e. The summed E-state index contributed by atoms with van der Waals surface area (Å²) in [6.45, 7) is 3.20. The lowest BCUT2D eigenvalue weighted by Gasteiger charge is -2.14. The van der Waals surface area contributed by atoms with E-state index in [4.69, 9.17) is 10.5 Å². The molecule has 22 heavy (non-hydrogen) atoms. The van der Waals surface area contributed by atoms with Gasteiger partial charge in [-0.3, -0.25) is 4.79 Å². The molecule has 2 N–H and O–H groups in total. The number of ether oxygens (including phenoxy) is 1. The van der Waals surface area contributed by atoms with Crippen LogP contribution in [0.3, 0.4) is 0 Å². The van der Waals surface area contributed by atoms with Crippen molar-refractivity contribution < 1.29 is 22.3 Å². The first-order chi connectivity index (χ1) is 10.3. The van der Waals surface area contributed by atoms with Crippen molar-refractivity contribution in [2.45, 2.75) is 25.0 Å². The van der Waals surface area contributed by atoms with Gasteiger partial charge in [0, 0.05) is 18.2 Å². The highest BCUT2D eigenvalue weighted by Crippen LogP contribution is 2.63. The summed E-state index contributed by atoms with van der Waals surface area (Å²) < 4.78 is 42.9. The summed E-state index contributed by atoms with van der Waals surface area (Å²) in [5.74, 6) is -1.71. The summed E-state index contributed by atoms with van der Waals surface area (Å²) in [7, 11) is -3.49. The van der Waals surface area contributed by atoms with Crippen LogP contribution in [0.25, 0.3) is 0 Å². The predicted molar refractivity (Wildman–Crippen MR) is 80.5 cm³/mol. The van der Waals surface area contributed by atoms with Gasteiger partial charge in [0.15, 0.2) is 9.84 Å². The Morgan fingerprint density at radius 3 is 2.36 bits per heavy atom. The molecule has 0 spiro atoms. The lowest BCUT2D eigenvalue weighted by atomic mass is 9.99.